The van der Waals surface area contributed by atoms with Crippen LogP contribution in [0.3, 0.4) is 0 Å². The molecule has 0 aromatic heterocycles. The van der Waals surface area contributed by atoms with E-state index in [-0.39, 0.29) is 28.4 Å². The summed E-state index contributed by atoms with van der Waals surface area (Å²) in [5.41, 5.74) is 0.631. The molecule has 33 heavy (non-hydrogen) atoms. The molecule has 3 rings (SSSR count). The highest BCUT2D eigenvalue weighted by Gasteiger charge is 2.46. The average Bonchev–Trinajstić information content (AvgIpc) is 3.08. The molecule has 1 unspecified atom stereocenters. The Morgan fingerprint density at radius 3 is 2.27 bits per heavy atom. The number of aliphatic hydroxyl groups excluding tert-OH is 1. The molecule has 0 bridgehead atoms. The van der Waals surface area contributed by atoms with Crippen molar-refractivity contribution in [2.75, 3.05) is 27.9 Å². The lowest BCUT2D eigenvalue weighted by Crippen LogP contribution is -2.30. The second kappa shape index (κ2) is 10.3. The van der Waals surface area contributed by atoms with Gasteiger partial charge in [-0.1, -0.05) is 25.8 Å². The second-order valence-electron chi connectivity index (χ2n) is 7.70. The summed E-state index contributed by atoms with van der Waals surface area (Å²) in [6.07, 6.45) is 2.52. The first-order valence-corrected chi connectivity index (χ1v) is 10.8. The third-order valence-electron chi connectivity index (χ3n) is 5.72. The number of nitrogens with zero attached hydrogens (tertiary/aromatic N) is 1. The Kier molecular flexibility index (Phi) is 7.48. The number of carbonyl (C=O) groups is 2. The van der Waals surface area contributed by atoms with E-state index < -0.39 is 17.7 Å². The van der Waals surface area contributed by atoms with Crippen molar-refractivity contribution in [3.05, 3.63) is 53.1 Å². The highest BCUT2D eigenvalue weighted by molar-refractivity contribution is 6.46. The lowest BCUT2D eigenvalue weighted by Gasteiger charge is -2.26. The number of ketones is 1. The Balaban J connectivity index is 2.21. The van der Waals surface area contributed by atoms with Gasteiger partial charge in [0, 0.05) is 6.54 Å². The van der Waals surface area contributed by atoms with Gasteiger partial charge in [-0.3, -0.25) is 9.59 Å². The number of hydrogen-bond donors (Lipinski definition) is 2. The maximum absolute atomic E-state index is 13.1. The molecule has 2 aromatic carbocycles. The fraction of sp³-hybridized carbons (Fsp3) is 0.360. The van der Waals surface area contributed by atoms with Crippen LogP contribution in [0.4, 0.5) is 0 Å². The number of phenolic OH excluding ortho intramolecular Hbond substituents is 1. The summed E-state index contributed by atoms with van der Waals surface area (Å²) in [5, 5.41) is 21.6. The first-order chi connectivity index (χ1) is 15.9. The van der Waals surface area contributed by atoms with Crippen LogP contribution in [0.1, 0.15) is 43.4 Å². The van der Waals surface area contributed by atoms with Crippen molar-refractivity contribution >= 4 is 17.4 Å². The molecule has 0 radical (unpaired) electrons. The van der Waals surface area contributed by atoms with Crippen LogP contribution < -0.4 is 14.2 Å². The van der Waals surface area contributed by atoms with Gasteiger partial charge in [-0.15, -0.1) is 0 Å². The number of carbonyl (C=O) groups excluding carboxylic acids is 2. The lowest BCUT2D eigenvalue weighted by atomic mass is 9.94. The van der Waals surface area contributed by atoms with Gasteiger partial charge in [0.05, 0.1) is 38.5 Å². The molecule has 2 N–H and O–H groups in total. The SMILES string of the molecule is CCCCCN1C(=O)C(=O)/C(=C(/O)c2cc(OC)ccc2OC)C1c1ccc(OC)c(O)c1. The Morgan fingerprint density at radius 2 is 1.67 bits per heavy atom. The fourth-order valence-corrected chi connectivity index (χ4v) is 4.01. The second-order valence-corrected chi connectivity index (χ2v) is 7.70. The Morgan fingerprint density at radius 1 is 0.970 bits per heavy atom. The number of Topliss-reactive ketones (excluding diaryl/α,β-unsaturated/α-hetero) is 1. The van der Waals surface area contributed by atoms with Gasteiger partial charge < -0.3 is 29.3 Å². The predicted octanol–water partition coefficient (Wildman–Crippen LogP) is 4.03. The average molecular weight is 456 g/mol. The molecule has 8 nitrogen and oxygen atoms in total. The lowest BCUT2D eigenvalue weighted by molar-refractivity contribution is -0.139. The molecular formula is C25H29NO7. The molecule has 8 heteroatoms. The third kappa shape index (κ3) is 4.60. The number of unbranched alkanes of at least 4 members (excludes halogenated alkanes) is 2. The van der Waals surface area contributed by atoms with Crippen LogP contribution in [-0.4, -0.2) is 54.7 Å². The number of hydrogen-bond acceptors (Lipinski definition) is 7. The van der Waals surface area contributed by atoms with E-state index in [9.17, 15) is 19.8 Å². The quantitative estimate of drug-likeness (QED) is 0.255. The van der Waals surface area contributed by atoms with Gasteiger partial charge in [-0.05, 0) is 42.3 Å². The normalized spacial score (nSPS) is 17.3. The van der Waals surface area contributed by atoms with Crippen molar-refractivity contribution < 1.29 is 34.0 Å². The number of rotatable bonds is 9. The molecule has 1 aliphatic rings. The summed E-state index contributed by atoms with van der Waals surface area (Å²) in [6, 6.07) is 8.60. The molecule has 0 spiro atoms. The summed E-state index contributed by atoms with van der Waals surface area (Å²) in [4.78, 5) is 27.6. The molecule has 1 aliphatic heterocycles. The van der Waals surface area contributed by atoms with Gasteiger partial charge in [0.1, 0.15) is 17.3 Å². The van der Waals surface area contributed by atoms with E-state index in [0.29, 0.717) is 30.0 Å². The van der Waals surface area contributed by atoms with Crippen LogP contribution in [0.5, 0.6) is 23.0 Å². The van der Waals surface area contributed by atoms with Crippen molar-refractivity contribution in [1.29, 1.82) is 0 Å². The number of methoxy groups -OCH3 is 3. The van der Waals surface area contributed by atoms with E-state index >= 15 is 0 Å². The first-order valence-electron chi connectivity index (χ1n) is 10.8. The van der Waals surface area contributed by atoms with Crippen LogP contribution in [0, 0.1) is 0 Å². The smallest absolute Gasteiger partial charge is 0.295 e. The minimum atomic E-state index is -0.880. The van der Waals surface area contributed by atoms with Crippen LogP contribution in [0.2, 0.25) is 0 Å². The summed E-state index contributed by atoms with van der Waals surface area (Å²) in [6.45, 7) is 2.38. The fourth-order valence-electron chi connectivity index (χ4n) is 4.01. The van der Waals surface area contributed by atoms with E-state index in [1.165, 1.54) is 32.3 Å². The van der Waals surface area contributed by atoms with Crippen molar-refractivity contribution in [2.24, 2.45) is 0 Å². The van der Waals surface area contributed by atoms with Crippen molar-refractivity contribution in [1.82, 2.24) is 4.90 Å². The van der Waals surface area contributed by atoms with E-state index in [4.69, 9.17) is 14.2 Å². The third-order valence-corrected chi connectivity index (χ3v) is 5.72. The van der Waals surface area contributed by atoms with Gasteiger partial charge in [0.2, 0.25) is 0 Å². The predicted molar refractivity (Wildman–Crippen MR) is 123 cm³/mol. The van der Waals surface area contributed by atoms with E-state index in [1.807, 2.05) is 6.92 Å². The molecule has 1 fully saturated rings. The largest absolute Gasteiger partial charge is 0.507 e. The molecule has 0 aliphatic carbocycles. The van der Waals surface area contributed by atoms with Crippen molar-refractivity contribution in [3.63, 3.8) is 0 Å². The summed E-state index contributed by atoms with van der Waals surface area (Å²) < 4.78 is 15.7. The van der Waals surface area contributed by atoms with Crippen LogP contribution in [0.25, 0.3) is 5.76 Å². The maximum atomic E-state index is 13.1. The molecular weight excluding hydrogens is 426 g/mol. The van der Waals surface area contributed by atoms with Gasteiger partial charge in [-0.25, -0.2) is 0 Å². The standard InChI is InChI=1S/C25H29NO7/c1-5-6-7-12-26-22(15-8-10-20(33-4)18(27)13-15)21(24(29)25(26)30)23(28)17-14-16(31-2)9-11-19(17)32-3/h8-11,13-14,22,27-28H,5-7,12H2,1-4H3/b23-21+. The molecule has 0 saturated carbocycles. The molecule has 2 aromatic rings. The monoisotopic (exact) mass is 455 g/mol. The zero-order chi connectivity index (χ0) is 24.1. The Labute approximate surface area is 193 Å². The maximum Gasteiger partial charge on any atom is 0.295 e. The summed E-state index contributed by atoms with van der Waals surface area (Å²) in [5.74, 6) is -0.967. The van der Waals surface area contributed by atoms with Crippen molar-refractivity contribution in [3.8, 4) is 23.0 Å². The van der Waals surface area contributed by atoms with E-state index in [2.05, 4.69) is 0 Å². The number of amides is 1. The Bertz CT molecular complexity index is 1080. The highest BCUT2D eigenvalue weighted by atomic mass is 16.5. The zero-order valence-corrected chi connectivity index (χ0v) is 19.3. The number of aliphatic hydroxyl groups is 1. The van der Waals surface area contributed by atoms with Crippen LogP contribution in [0.15, 0.2) is 42.0 Å². The molecule has 1 atom stereocenters. The minimum Gasteiger partial charge on any atom is -0.507 e. The molecule has 1 saturated heterocycles. The number of ether oxygens (including phenoxy) is 3. The Hall–Kier alpha value is -3.68. The van der Waals surface area contributed by atoms with Gasteiger partial charge in [0.25, 0.3) is 11.7 Å². The number of phenols is 1. The van der Waals surface area contributed by atoms with Crippen LogP contribution >= 0.6 is 0 Å². The molecule has 1 amide bonds. The zero-order valence-electron chi connectivity index (χ0n) is 19.3. The van der Waals surface area contributed by atoms with Gasteiger partial charge in [0.15, 0.2) is 11.5 Å². The van der Waals surface area contributed by atoms with Gasteiger partial charge in [-0.2, -0.15) is 0 Å². The first kappa shape index (κ1) is 24.0. The summed E-state index contributed by atoms with van der Waals surface area (Å²) >= 11 is 0. The van der Waals surface area contributed by atoms with E-state index in [0.717, 1.165) is 12.8 Å². The van der Waals surface area contributed by atoms with Crippen LogP contribution in [-0.2, 0) is 9.59 Å². The van der Waals surface area contributed by atoms with E-state index in [1.54, 1.807) is 30.3 Å². The molecule has 176 valence electrons. The van der Waals surface area contributed by atoms with Crippen molar-refractivity contribution in [2.45, 2.75) is 32.2 Å². The topological polar surface area (TPSA) is 106 Å². The minimum absolute atomic E-state index is 0.0763. The number of aromatic hydroxyl groups is 1. The summed E-state index contributed by atoms with van der Waals surface area (Å²) in [7, 11) is 4.36. The number of likely N-dealkylation sites (tertiary alicyclic amines) is 1. The number of benzene rings is 2. The molecule has 1 heterocycles. The highest BCUT2D eigenvalue weighted by Crippen LogP contribution is 2.43. The van der Waals surface area contributed by atoms with Gasteiger partial charge >= 0.3 is 0 Å².